The fourth-order valence-electron chi connectivity index (χ4n) is 3.48. The highest BCUT2D eigenvalue weighted by Gasteiger charge is 2.29. The quantitative estimate of drug-likeness (QED) is 0.521. The van der Waals surface area contributed by atoms with Crippen LogP contribution in [0.15, 0.2) is 48.0 Å². The first-order valence-corrected chi connectivity index (χ1v) is 9.88. The third-order valence-electron chi connectivity index (χ3n) is 5.35. The van der Waals surface area contributed by atoms with Gasteiger partial charge in [-0.05, 0) is 74.4 Å². The normalized spacial score (nSPS) is 15.0. The Morgan fingerprint density at radius 3 is 2.53 bits per heavy atom. The first kappa shape index (κ1) is 21.5. The molecule has 30 heavy (non-hydrogen) atoms. The number of nitrogens with zero attached hydrogens (tertiary/aromatic N) is 2. The first-order valence-electron chi connectivity index (χ1n) is 9.50. The molecule has 5 nitrogen and oxygen atoms in total. The predicted molar refractivity (Wildman–Crippen MR) is 123 cm³/mol. The van der Waals surface area contributed by atoms with E-state index in [0.717, 1.165) is 16.8 Å². The van der Waals surface area contributed by atoms with E-state index in [1.165, 1.54) is 6.08 Å². The molecule has 154 valence electrons. The Morgan fingerprint density at radius 2 is 1.93 bits per heavy atom. The summed E-state index contributed by atoms with van der Waals surface area (Å²) >= 11 is 6.52. The molecule has 1 amide bonds. The Kier molecular flexibility index (Phi) is 5.91. The van der Waals surface area contributed by atoms with Crippen LogP contribution in [0.25, 0.3) is 11.6 Å². The van der Waals surface area contributed by atoms with Gasteiger partial charge in [0.05, 0.1) is 12.6 Å². The molecule has 0 atom stereocenters. The molecule has 0 bridgehead atoms. The van der Waals surface area contributed by atoms with Crippen LogP contribution < -0.4 is 15.0 Å². The van der Waals surface area contributed by atoms with E-state index in [9.17, 15) is 10.1 Å². The van der Waals surface area contributed by atoms with E-state index in [-0.39, 0.29) is 11.1 Å². The summed E-state index contributed by atoms with van der Waals surface area (Å²) in [5.41, 5.74) is 4.20. The van der Waals surface area contributed by atoms with Gasteiger partial charge in [-0.1, -0.05) is 17.7 Å². The van der Waals surface area contributed by atoms with Crippen molar-refractivity contribution in [3.05, 3.63) is 64.2 Å². The molecule has 3 rings (SSSR count). The minimum atomic E-state index is -0.498. The summed E-state index contributed by atoms with van der Waals surface area (Å²) in [6.07, 6.45) is 3.72. The number of anilines is 2. The lowest BCUT2D eigenvalue weighted by molar-refractivity contribution is -0.112. The number of nitrogens with one attached hydrogen (secondary N) is 1. The van der Waals surface area contributed by atoms with Crippen LogP contribution in [0.4, 0.5) is 11.4 Å². The first-order chi connectivity index (χ1) is 14.2. The molecule has 1 aliphatic rings. The number of halogens is 1. The molecule has 0 aliphatic carbocycles. The molecule has 1 aliphatic heterocycles. The summed E-state index contributed by atoms with van der Waals surface area (Å²) in [5, 5.41) is 12.8. The number of hydrogen-bond donors (Lipinski definition) is 1. The monoisotopic (exact) mass is 421 g/mol. The fourth-order valence-corrected chi connectivity index (χ4v) is 3.69. The molecule has 0 spiro atoms. The van der Waals surface area contributed by atoms with E-state index in [1.807, 2.05) is 25.2 Å². The van der Waals surface area contributed by atoms with Crippen molar-refractivity contribution in [3.8, 4) is 11.8 Å². The second kappa shape index (κ2) is 8.25. The number of rotatable bonds is 4. The molecule has 0 unspecified atom stereocenters. The largest absolute Gasteiger partial charge is 0.497 e. The minimum absolute atomic E-state index is 0.0289. The van der Waals surface area contributed by atoms with E-state index in [4.69, 9.17) is 16.3 Å². The van der Waals surface area contributed by atoms with Gasteiger partial charge >= 0.3 is 0 Å². The third kappa shape index (κ3) is 4.19. The van der Waals surface area contributed by atoms with E-state index < -0.39 is 5.91 Å². The van der Waals surface area contributed by atoms with Gasteiger partial charge in [0.15, 0.2) is 0 Å². The lowest BCUT2D eigenvalue weighted by Gasteiger charge is -2.40. The zero-order chi connectivity index (χ0) is 22.1. The maximum Gasteiger partial charge on any atom is 0.266 e. The smallest absolute Gasteiger partial charge is 0.266 e. The Hall–Kier alpha value is -3.23. The number of allylic oxidation sites excluding steroid dienone is 1. The average molecular weight is 422 g/mol. The average Bonchev–Trinajstić information content (AvgIpc) is 2.71. The van der Waals surface area contributed by atoms with Crippen molar-refractivity contribution in [2.45, 2.75) is 26.3 Å². The van der Waals surface area contributed by atoms with Gasteiger partial charge in [-0.3, -0.25) is 4.79 Å². The maximum absolute atomic E-state index is 12.6. The van der Waals surface area contributed by atoms with E-state index >= 15 is 0 Å². The number of fused-ring (bicyclic) bond motifs is 1. The molecule has 6 heteroatoms. The lowest BCUT2D eigenvalue weighted by atomic mass is 9.88. The molecular formula is C24H24ClN3O2. The fraction of sp³-hybridized carbons (Fsp3) is 0.250. The molecule has 0 saturated carbocycles. The van der Waals surface area contributed by atoms with Crippen LogP contribution in [-0.4, -0.2) is 25.6 Å². The number of hydrogen-bond acceptors (Lipinski definition) is 4. The van der Waals surface area contributed by atoms with E-state index in [0.29, 0.717) is 22.0 Å². The summed E-state index contributed by atoms with van der Waals surface area (Å²) < 4.78 is 5.11. The summed E-state index contributed by atoms with van der Waals surface area (Å²) in [4.78, 5) is 14.8. The Labute approximate surface area is 182 Å². The number of carbonyl (C=O) groups excluding carboxylic acids is 1. The summed E-state index contributed by atoms with van der Waals surface area (Å²) in [6, 6.07) is 12.7. The zero-order valence-electron chi connectivity index (χ0n) is 17.7. The van der Waals surface area contributed by atoms with Crippen LogP contribution in [-0.2, 0) is 4.79 Å². The van der Waals surface area contributed by atoms with Gasteiger partial charge in [0.2, 0.25) is 0 Å². The predicted octanol–water partition coefficient (Wildman–Crippen LogP) is 5.53. The van der Waals surface area contributed by atoms with Crippen molar-refractivity contribution in [2.24, 2.45) is 0 Å². The molecular weight excluding hydrogens is 398 g/mol. The standard InChI is InChI=1S/C24H24ClN3O2/c1-15-13-24(2,3)28(4)22-12-21(25)16(11-20(15)22)10-17(14-26)23(29)27-18-6-8-19(30-5)9-7-18/h6-13H,1-5H3,(H,27,29)/b17-10-. The van der Waals surface area contributed by atoms with E-state index in [2.05, 4.69) is 37.1 Å². The van der Waals surface area contributed by atoms with Crippen molar-refractivity contribution >= 4 is 40.5 Å². The molecule has 0 aromatic heterocycles. The molecule has 0 radical (unpaired) electrons. The zero-order valence-corrected chi connectivity index (χ0v) is 18.5. The molecule has 2 aromatic carbocycles. The second-order valence-electron chi connectivity index (χ2n) is 7.78. The van der Waals surface area contributed by atoms with Gasteiger partial charge in [0, 0.05) is 29.0 Å². The van der Waals surface area contributed by atoms with Crippen molar-refractivity contribution in [3.63, 3.8) is 0 Å². The van der Waals surface area contributed by atoms with Crippen LogP contribution in [0.1, 0.15) is 31.9 Å². The van der Waals surface area contributed by atoms with Crippen molar-refractivity contribution in [1.29, 1.82) is 5.26 Å². The molecule has 1 N–H and O–H groups in total. The Morgan fingerprint density at radius 1 is 1.27 bits per heavy atom. The lowest BCUT2D eigenvalue weighted by Crippen LogP contribution is -2.42. The van der Waals surface area contributed by atoms with Gasteiger partial charge in [-0.25, -0.2) is 0 Å². The van der Waals surface area contributed by atoms with Crippen molar-refractivity contribution in [1.82, 2.24) is 0 Å². The minimum Gasteiger partial charge on any atom is -0.497 e. The number of methoxy groups -OCH3 is 1. The summed E-state index contributed by atoms with van der Waals surface area (Å²) in [6.45, 7) is 6.33. The molecule has 1 heterocycles. The van der Waals surface area contributed by atoms with Crippen molar-refractivity contribution in [2.75, 3.05) is 24.4 Å². The summed E-state index contributed by atoms with van der Waals surface area (Å²) in [5.74, 6) is 0.184. The van der Waals surface area contributed by atoms with Crippen LogP contribution in [0.3, 0.4) is 0 Å². The van der Waals surface area contributed by atoms with Crippen LogP contribution in [0, 0.1) is 11.3 Å². The number of nitriles is 1. The Balaban J connectivity index is 1.93. The Bertz CT molecular complexity index is 1090. The number of likely N-dealkylation sites (N-methyl/N-ethyl adjacent to an activating group) is 1. The van der Waals surface area contributed by atoms with Gasteiger partial charge in [0.1, 0.15) is 17.4 Å². The highest BCUT2D eigenvalue weighted by Crippen LogP contribution is 2.40. The highest BCUT2D eigenvalue weighted by molar-refractivity contribution is 6.32. The van der Waals surface area contributed by atoms with Crippen LogP contribution in [0.5, 0.6) is 5.75 Å². The number of amides is 1. The number of carbonyl (C=O) groups is 1. The molecule has 2 aromatic rings. The van der Waals surface area contributed by atoms with Gasteiger partial charge in [-0.2, -0.15) is 5.26 Å². The number of ether oxygens (including phenoxy) is 1. The topological polar surface area (TPSA) is 65.4 Å². The molecule has 0 saturated heterocycles. The van der Waals surface area contributed by atoms with Gasteiger partial charge in [0.25, 0.3) is 5.91 Å². The maximum atomic E-state index is 12.6. The SMILES string of the molecule is COc1ccc(NC(=O)/C(C#N)=C\c2cc3c(cc2Cl)N(C)C(C)(C)C=C3C)cc1. The highest BCUT2D eigenvalue weighted by atomic mass is 35.5. The van der Waals surface area contributed by atoms with Crippen molar-refractivity contribution < 1.29 is 9.53 Å². The second-order valence-corrected chi connectivity index (χ2v) is 8.19. The van der Waals surface area contributed by atoms with Gasteiger partial charge in [-0.15, -0.1) is 0 Å². The van der Waals surface area contributed by atoms with Crippen LogP contribution >= 0.6 is 11.6 Å². The third-order valence-corrected chi connectivity index (χ3v) is 5.68. The van der Waals surface area contributed by atoms with E-state index in [1.54, 1.807) is 31.4 Å². The summed E-state index contributed by atoms with van der Waals surface area (Å²) in [7, 11) is 3.60. The molecule has 0 fully saturated rings. The van der Waals surface area contributed by atoms with Crippen LogP contribution in [0.2, 0.25) is 5.02 Å². The number of benzene rings is 2. The van der Waals surface area contributed by atoms with Gasteiger partial charge < -0.3 is 15.0 Å².